The predicted octanol–water partition coefficient (Wildman–Crippen LogP) is 2.83. The van der Waals surface area contributed by atoms with Gasteiger partial charge in [-0.2, -0.15) is 5.11 Å². The molecule has 1 N–H and O–H groups in total. The molecule has 2 aliphatic heterocycles. The number of carbonyl (C=O) groups is 3. The number of hydrogen-bond acceptors (Lipinski definition) is 6. The van der Waals surface area contributed by atoms with E-state index < -0.39 is 29.8 Å². The molecule has 2 unspecified atom stereocenters. The van der Waals surface area contributed by atoms with Gasteiger partial charge in [0.15, 0.2) is 12.1 Å². The third-order valence-corrected chi connectivity index (χ3v) is 5.24. The lowest BCUT2D eigenvalue weighted by Gasteiger charge is -2.20. The van der Waals surface area contributed by atoms with Crippen LogP contribution in [0, 0.1) is 0 Å². The Labute approximate surface area is 172 Å². The molecule has 29 heavy (non-hydrogen) atoms. The summed E-state index contributed by atoms with van der Waals surface area (Å²) in [7, 11) is 0. The number of halogens is 1. The summed E-state index contributed by atoms with van der Waals surface area (Å²) >= 11 is 6.05. The highest BCUT2D eigenvalue weighted by Crippen LogP contribution is 2.32. The molecule has 9 heteroatoms. The third kappa shape index (κ3) is 3.47. The molecule has 3 amide bonds. The molecule has 2 aromatic rings. The van der Waals surface area contributed by atoms with Crippen molar-refractivity contribution in [2.75, 3.05) is 16.8 Å². The van der Waals surface area contributed by atoms with E-state index in [1.807, 2.05) is 19.1 Å². The lowest BCUT2D eigenvalue weighted by atomic mass is 10.1. The zero-order valence-electron chi connectivity index (χ0n) is 15.6. The molecule has 1 fully saturated rings. The molecule has 148 valence electrons. The van der Waals surface area contributed by atoms with Gasteiger partial charge in [0, 0.05) is 0 Å². The number of hydrogen-bond donors (Lipinski definition) is 1. The molecule has 4 rings (SSSR count). The van der Waals surface area contributed by atoms with E-state index in [0.717, 1.165) is 16.9 Å². The van der Waals surface area contributed by atoms with Crippen LogP contribution in [-0.4, -0.2) is 41.4 Å². The largest absolute Gasteiger partial charge is 0.323 e. The Morgan fingerprint density at radius 1 is 1.10 bits per heavy atom. The van der Waals surface area contributed by atoms with Crippen LogP contribution >= 0.6 is 11.6 Å². The fourth-order valence-electron chi connectivity index (χ4n) is 3.39. The number of aryl methyl sites for hydroxylation is 1. The van der Waals surface area contributed by atoms with Crippen LogP contribution in [-0.2, 0) is 20.8 Å². The number of para-hydroxylation sites is 1. The van der Waals surface area contributed by atoms with Gasteiger partial charge in [0.1, 0.15) is 6.54 Å². The predicted molar refractivity (Wildman–Crippen MR) is 108 cm³/mol. The fourth-order valence-corrected chi connectivity index (χ4v) is 3.57. The monoisotopic (exact) mass is 411 g/mol. The summed E-state index contributed by atoms with van der Waals surface area (Å²) in [6.45, 7) is 1.80. The van der Waals surface area contributed by atoms with E-state index in [1.54, 1.807) is 36.4 Å². The van der Waals surface area contributed by atoms with Crippen molar-refractivity contribution in [3.8, 4) is 0 Å². The summed E-state index contributed by atoms with van der Waals surface area (Å²) in [5.74, 6) is -1.30. The molecular weight excluding hydrogens is 394 g/mol. The average molecular weight is 412 g/mol. The van der Waals surface area contributed by atoms with Gasteiger partial charge in [-0.15, -0.1) is 0 Å². The second-order valence-corrected chi connectivity index (χ2v) is 7.16. The minimum Gasteiger partial charge on any atom is -0.323 e. The molecule has 0 bridgehead atoms. The smallest absolute Gasteiger partial charge is 0.263 e. The highest BCUT2D eigenvalue weighted by Gasteiger charge is 2.55. The Hall–Kier alpha value is -3.26. The van der Waals surface area contributed by atoms with Crippen molar-refractivity contribution in [3.63, 3.8) is 0 Å². The average Bonchev–Trinajstić information content (AvgIpc) is 3.23. The molecular formula is C20H18ClN5O3. The van der Waals surface area contributed by atoms with Crippen LogP contribution in [0.3, 0.4) is 0 Å². The van der Waals surface area contributed by atoms with Crippen LogP contribution in [0.15, 0.2) is 58.9 Å². The number of rotatable bonds is 5. The number of fused-ring (bicyclic) bond motifs is 1. The first-order valence-electron chi connectivity index (χ1n) is 9.18. The van der Waals surface area contributed by atoms with Gasteiger partial charge < -0.3 is 5.32 Å². The fraction of sp³-hybridized carbons (Fsp3) is 0.250. The molecule has 2 atom stereocenters. The first-order valence-corrected chi connectivity index (χ1v) is 9.56. The van der Waals surface area contributed by atoms with Crippen LogP contribution in [0.1, 0.15) is 12.5 Å². The molecule has 0 spiro atoms. The molecule has 0 saturated carbocycles. The number of amides is 3. The summed E-state index contributed by atoms with van der Waals surface area (Å²) < 4.78 is 0. The van der Waals surface area contributed by atoms with Crippen LogP contribution < -0.4 is 10.2 Å². The van der Waals surface area contributed by atoms with Gasteiger partial charge in [-0.05, 0) is 36.2 Å². The molecule has 2 heterocycles. The van der Waals surface area contributed by atoms with Gasteiger partial charge in [-0.1, -0.05) is 48.0 Å². The summed E-state index contributed by atoms with van der Waals surface area (Å²) in [6.07, 6.45) is 0.857. The Balaban J connectivity index is 1.49. The Bertz CT molecular complexity index is 1010. The minimum atomic E-state index is -0.943. The number of anilines is 2. The molecule has 8 nitrogen and oxygen atoms in total. The number of nitrogens with one attached hydrogen (secondary N) is 1. The van der Waals surface area contributed by atoms with Crippen molar-refractivity contribution >= 4 is 40.7 Å². The van der Waals surface area contributed by atoms with Crippen LogP contribution in [0.4, 0.5) is 11.4 Å². The summed E-state index contributed by atoms with van der Waals surface area (Å²) in [4.78, 5) is 39.2. The van der Waals surface area contributed by atoms with Gasteiger partial charge in [-0.25, -0.2) is 4.90 Å². The Kier molecular flexibility index (Phi) is 5.02. The normalized spacial score (nSPS) is 20.3. The molecule has 2 aliphatic rings. The lowest BCUT2D eigenvalue weighted by molar-refractivity contribution is -0.123. The van der Waals surface area contributed by atoms with Crippen molar-refractivity contribution in [2.45, 2.75) is 25.4 Å². The quantitative estimate of drug-likeness (QED) is 0.765. The second kappa shape index (κ2) is 7.63. The standard InChI is InChI=1S/C20H18ClN5O3/c1-2-12-7-9-13(10-8-12)26-19(28)17-18(20(26)29)25(24-23-17)11-16(27)22-15-6-4-3-5-14(15)21/h3-10,17-18H,2,11H2,1H3,(H,22,27). The summed E-state index contributed by atoms with van der Waals surface area (Å²) in [6, 6.07) is 12.2. The topological polar surface area (TPSA) is 94.4 Å². The molecule has 2 aromatic carbocycles. The van der Waals surface area contributed by atoms with Crippen molar-refractivity contribution in [3.05, 3.63) is 59.1 Å². The SMILES string of the molecule is CCc1ccc(N2C(=O)C3N=NN(CC(=O)Nc4ccccc4Cl)C3C2=O)cc1. The summed E-state index contributed by atoms with van der Waals surface area (Å²) in [5.41, 5.74) is 2.05. The van der Waals surface area contributed by atoms with E-state index >= 15 is 0 Å². The van der Waals surface area contributed by atoms with Gasteiger partial charge >= 0.3 is 0 Å². The number of imide groups is 1. The van der Waals surface area contributed by atoms with E-state index in [9.17, 15) is 14.4 Å². The third-order valence-electron chi connectivity index (χ3n) is 4.91. The van der Waals surface area contributed by atoms with Gasteiger partial charge in [-0.3, -0.25) is 19.4 Å². The zero-order valence-corrected chi connectivity index (χ0v) is 16.3. The highest BCUT2D eigenvalue weighted by molar-refractivity contribution is 6.33. The van der Waals surface area contributed by atoms with Crippen molar-refractivity contribution < 1.29 is 14.4 Å². The molecule has 0 aliphatic carbocycles. The molecule has 1 saturated heterocycles. The summed E-state index contributed by atoms with van der Waals surface area (Å²) in [5, 5.41) is 12.1. The van der Waals surface area contributed by atoms with E-state index in [-0.39, 0.29) is 6.54 Å². The molecule has 0 aromatic heterocycles. The van der Waals surface area contributed by atoms with Crippen LogP contribution in [0.2, 0.25) is 5.02 Å². The zero-order chi connectivity index (χ0) is 20.5. The highest BCUT2D eigenvalue weighted by atomic mass is 35.5. The Morgan fingerprint density at radius 2 is 1.83 bits per heavy atom. The van der Waals surface area contributed by atoms with E-state index in [1.165, 1.54) is 5.01 Å². The Morgan fingerprint density at radius 3 is 2.52 bits per heavy atom. The number of nitrogens with zero attached hydrogens (tertiary/aromatic N) is 4. The number of benzene rings is 2. The lowest BCUT2D eigenvalue weighted by Crippen LogP contribution is -2.43. The van der Waals surface area contributed by atoms with Crippen LogP contribution in [0.25, 0.3) is 0 Å². The first-order chi connectivity index (χ1) is 14.0. The van der Waals surface area contributed by atoms with Crippen molar-refractivity contribution in [2.24, 2.45) is 10.3 Å². The second-order valence-electron chi connectivity index (χ2n) is 6.75. The van der Waals surface area contributed by atoms with Gasteiger partial charge in [0.25, 0.3) is 11.8 Å². The van der Waals surface area contributed by atoms with Crippen molar-refractivity contribution in [1.29, 1.82) is 0 Å². The first kappa shape index (κ1) is 19.1. The maximum absolute atomic E-state index is 12.9. The van der Waals surface area contributed by atoms with Crippen molar-refractivity contribution in [1.82, 2.24) is 5.01 Å². The van der Waals surface area contributed by atoms with E-state index in [4.69, 9.17) is 11.6 Å². The van der Waals surface area contributed by atoms with Gasteiger partial charge in [0.05, 0.1) is 16.4 Å². The number of carbonyl (C=O) groups excluding carboxylic acids is 3. The minimum absolute atomic E-state index is 0.225. The van der Waals surface area contributed by atoms with E-state index in [2.05, 4.69) is 15.7 Å². The van der Waals surface area contributed by atoms with E-state index in [0.29, 0.717) is 16.4 Å². The van der Waals surface area contributed by atoms with Gasteiger partial charge in [0.2, 0.25) is 5.91 Å². The maximum atomic E-state index is 12.9. The molecule has 0 radical (unpaired) electrons. The maximum Gasteiger partial charge on any atom is 0.263 e. The van der Waals surface area contributed by atoms with Crippen LogP contribution in [0.5, 0.6) is 0 Å².